The van der Waals surface area contributed by atoms with Crippen LogP contribution in [0.25, 0.3) is 11.1 Å². The number of sulfonamides is 1. The summed E-state index contributed by atoms with van der Waals surface area (Å²) in [6, 6.07) is 14.5. The molecular weight excluding hydrogens is 376 g/mol. The normalized spacial score (nSPS) is 20.6. The second-order valence-electron chi connectivity index (χ2n) is 7.62. The first-order valence-corrected chi connectivity index (χ1v) is 10.9. The first kappa shape index (κ1) is 20.5. The molecule has 0 spiro atoms. The first-order chi connectivity index (χ1) is 13.2. The van der Waals surface area contributed by atoms with Crippen LogP contribution in [-0.2, 0) is 10.0 Å². The van der Waals surface area contributed by atoms with Crippen LogP contribution in [0.3, 0.4) is 0 Å². The van der Waals surface area contributed by atoms with E-state index >= 15 is 0 Å². The van der Waals surface area contributed by atoms with Crippen molar-refractivity contribution in [2.75, 3.05) is 20.1 Å². The number of benzene rings is 2. The number of aromatic carboxylic acids is 1. The second kappa shape index (κ2) is 8.03. The van der Waals surface area contributed by atoms with E-state index in [4.69, 9.17) is 0 Å². The Labute approximate surface area is 166 Å². The van der Waals surface area contributed by atoms with E-state index in [0.29, 0.717) is 13.1 Å². The van der Waals surface area contributed by atoms with Crippen LogP contribution in [-0.4, -0.2) is 55.8 Å². The third kappa shape index (κ3) is 4.27. The first-order valence-electron chi connectivity index (χ1n) is 9.31. The Morgan fingerprint density at radius 1 is 1.14 bits per heavy atom. The van der Waals surface area contributed by atoms with E-state index in [9.17, 15) is 18.3 Å². The monoisotopic (exact) mass is 402 g/mol. The third-order valence-electron chi connectivity index (χ3n) is 5.22. The molecule has 0 saturated carbocycles. The standard InChI is InChI=1S/C21H26N2O4S/c1-14(2)28(26,27)22-20-13-23(3)12-19(20)18-11-16(21(24)25)9-10-17(18)15-7-5-4-6-8-15/h4-11,14,19-20,22H,12-13H2,1-3H3,(H,24,25). The zero-order valence-electron chi connectivity index (χ0n) is 16.3. The lowest BCUT2D eigenvalue weighted by atomic mass is 9.86. The van der Waals surface area contributed by atoms with Gasteiger partial charge in [0.15, 0.2) is 0 Å². The molecule has 2 aromatic rings. The van der Waals surface area contributed by atoms with Gasteiger partial charge in [0.1, 0.15) is 0 Å². The van der Waals surface area contributed by atoms with Crippen molar-refractivity contribution in [3.8, 4) is 11.1 Å². The summed E-state index contributed by atoms with van der Waals surface area (Å²) in [5.41, 5.74) is 2.97. The summed E-state index contributed by atoms with van der Waals surface area (Å²) < 4.78 is 27.8. The molecule has 150 valence electrons. The number of likely N-dealkylation sites (N-methyl/N-ethyl adjacent to an activating group) is 1. The maximum absolute atomic E-state index is 12.5. The molecule has 2 N–H and O–H groups in total. The number of carboxylic acid groups (broad SMARTS) is 1. The number of carboxylic acids is 1. The fourth-order valence-electron chi connectivity index (χ4n) is 3.67. The van der Waals surface area contributed by atoms with Gasteiger partial charge >= 0.3 is 5.97 Å². The average Bonchev–Trinajstić information content (AvgIpc) is 3.01. The maximum Gasteiger partial charge on any atom is 0.335 e. The van der Waals surface area contributed by atoms with Crippen molar-refractivity contribution in [3.05, 3.63) is 59.7 Å². The van der Waals surface area contributed by atoms with Crippen molar-refractivity contribution in [1.82, 2.24) is 9.62 Å². The molecule has 2 unspecified atom stereocenters. The van der Waals surface area contributed by atoms with Gasteiger partial charge in [-0.15, -0.1) is 0 Å². The predicted octanol–water partition coefficient (Wildman–Crippen LogP) is 2.78. The Kier molecular flexibility index (Phi) is 5.88. The van der Waals surface area contributed by atoms with Gasteiger partial charge in [-0.05, 0) is 49.7 Å². The van der Waals surface area contributed by atoms with Crippen molar-refractivity contribution in [2.45, 2.75) is 31.1 Å². The summed E-state index contributed by atoms with van der Waals surface area (Å²) in [6.07, 6.45) is 0. The molecule has 28 heavy (non-hydrogen) atoms. The highest BCUT2D eigenvalue weighted by Gasteiger charge is 2.37. The van der Waals surface area contributed by atoms with Gasteiger partial charge in [0, 0.05) is 25.0 Å². The molecule has 0 bridgehead atoms. The van der Waals surface area contributed by atoms with Gasteiger partial charge in [-0.25, -0.2) is 17.9 Å². The van der Waals surface area contributed by atoms with Gasteiger partial charge in [0.2, 0.25) is 10.0 Å². The van der Waals surface area contributed by atoms with E-state index in [1.807, 2.05) is 43.4 Å². The molecule has 1 fully saturated rings. The number of rotatable bonds is 6. The van der Waals surface area contributed by atoms with Gasteiger partial charge in [-0.3, -0.25) is 0 Å². The summed E-state index contributed by atoms with van der Waals surface area (Å²) in [7, 11) is -1.50. The van der Waals surface area contributed by atoms with Crippen LogP contribution in [0.5, 0.6) is 0 Å². The molecule has 3 rings (SSSR count). The van der Waals surface area contributed by atoms with Crippen LogP contribution >= 0.6 is 0 Å². The molecule has 0 aromatic heterocycles. The van der Waals surface area contributed by atoms with E-state index in [-0.39, 0.29) is 17.5 Å². The van der Waals surface area contributed by atoms with Gasteiger partial charge in [0.25, 0.3) is 0 Å². The SMILES string of the molecule is CC(C)S(=O)(=O)NC1CN(C)CC1c1cc(C(=O)O)ccc1-c1ccccc1. The summed E-state index contributed by atoms with van der Waals surface area (Å²) >= 11 is 0. The van der Waals surface area contributed by atoms with E-state index < -0.39 is 21.2 Å². The summed E-state index contributed by atoms with van der Waals surface area (Å²) in [5, 5.41) is 8.94. The van der Waals surface area contributed by atoms with Crippen LogP contribution in [0.2, 0.25) is 0 Å². The summed E-state index contributed by atoms with van der Waals surface area (Å²) in [6.45, 7) is 4.52. The van der Waals surface area contributed by atoms with Crippen LogP contribution in [0.15, 0.2) is 48.5 Å². The average molecular weight is 403 g/mol. The van der Waals surface area contributed by atoms with Crippen LogP contribution < -0.4 is 4.72 Å². The van der Waals surface area contributed by atoms with Crippen molar-refractivity contribution in [1.29, 1.82) is 0 Å². The third-order valence-corrected chi connectivity index (χ3v) is 7.09. The van der Waals surface area contributed by atoms with Crippen LogP contribution in [0.4, 0.5) is 0 Å². The Hall–Kier alpha value is -2.22. The summed E-state index contributed by atoms with van der Waals surface area (Å²) in [4.78, 5) is 13.6. The van der Waals surface area contributed by atoms with Crippen molar-refractivity contribution in [2.24, 2.45) is 0 Å². The molecule has 2 atom stereocenters. The molecule has 6 nitrogen and oxygen atoms in total. The highest BCUT2D eigenvalue weighted by Crippen LogP contribution is 2.36. The molecule has 0 aliphatic carbocycles. The van der Waals surface area contributed by atoms with E-state index in [1.165, 1.54) is 0 Å². The molecule has 1 heterocycles. The largest absolute Gasteiger partial charge is 0.478 e. The predicted molar refractivity (Wildman–Crippen MR) is 110 cm³/mol. The molecule has 2 aromatic carbocycles. The van der Waals surface area contributed by atoms with Gasteiger partial charge < -0.3 is 10.0 Å². The highest BCUT2D eigenvalue weighted by molar-refractivity contribution is 7.90. The fourth-order valence-corrected chi connectivity index (χ4v) is 4.60. The fraction of sp³-hybridized carbons (Fsp3) is 0.381. The molecule has 1 aliphatic rings. The molecular formula is C21H26N2O4S. The topological polar surface area (TPSA) is 86.7 Å². The maximum atomic E-state index is 12.5. The zero-order valence-corrected chi connectivity index (χ0v) is 17.1. The summed E-state index contributed by atoms with van der Waals surface area (Å²) in [5.74, 6) is -1.14. The van der Waals surface area contributed by atoms with Crippen molar-refractivity contribution >= 4 is 16.0 Å². The number of likely N-dealkylation sites (tertiary alicyclic amines) is 1. The quantitative estimate of drug-likeness (QED) is 0.776. The number of hydrogen-bond donors (Lipinski definition) is 2. The Morgan fingerprint density at radius 2 is 1.82 bits per heavy atom. The van der Waals surface area contributed by atoms with Crippen LogP contribution in [0, 0.1) is 0 Å². The van der Waals surface area contributed by atoms with Crippen molar-refractivity contribution in [3.63, 3.8) is 0 Å². The lowest BCUT2D eigenvalue weighted by Gasteiger charge is -2.24. The van der Waals surface area contributed by atoms with E-state index in [1.54, 1.807) is 26.0 Å². The minimum absolute atomic E-state index is 0.145. The van der Waals surface area contributed by atoms with E-state index in [0.717, 1.165) is 16.7 Å². The van der Waals surface area contributed by atoms with Crippen molar-refractivity contribution < 1.29 is 18.3 Å². The van der Waals surface area contributed by atoms with Gasteiger partial charge in [-0.2, -0.15) is 0 Å². The number of carbonyl (C=O) groups is 1. The molecule has 1 saturated heterocycles. The molecule has 1 aliphatic heterocycles. The molecule has 7 heteroatoms. The second-order valence-corrected chi connectivity index (χ2v) is 9.89. The molecule has 0 radical (unpaired) electrons. The van der Waals surface area contributed by atoms with Gasteiger partial charge in [-0.1, -0.05) is 36.4 Å². The molecule has 0 amide bonds. The minimum Gasteiger partial charge on any atom is -0.478 e. The number of nitrogens with one attached hydrogen (secondary N) is 1. The highest BCUT2D eigenvalue weighted by atomic mass is 32.2. The van der Waals surface area contributed by atoms with Gasteiger partial charge in [0.05, 0.1) is 10.8 Å². The number of hydrogen-bond acceptors (Lipinski definition) is 4. The minimum atomic E-state index is -3.44. The van der Waals surface area contributed by atoms with E-state index in [2.05, 4.69) is 9.62 Å². The lowest BCUT2D eigenvalue weighted by molar-refractivity contribution is 0.0696. The Balaban J connectivity index is 2.08. The van der Waals surface area contributed by atoms with Crippen LogP contribution in [0.1, 0.15) is 35.7 Å². The lowest BCUT2D eigenvalue weighted by Crippen LogP contribution is -2.42. The smallest absolute Gasteiger partial charge is 0.335 e. The Bertz CT molecular complexity index is 958. The number of nitrogens with zero attached hydrogens (tertiary/aromatic N) is 1. The zero-order chi connectivity index (χ0) is 20.5. The Morgan fingerprint density at radius 3 is 2.43 bits per heavy atom.